The maximum absolute atomic E-state index is 10.1. The summed E-state index contributed by atoms with van der Waals surface area (Å²) in [6, 6.07) is 18.2. The van der Waals surface area contributed by atoms with Crippen molar-refractivity contribution in [1.29, 1.82) is 0 Å². The van der Waals surface area contributed by atoms with Crippen LogP contribution in [0.1, 0.15) is 16.8 Å². The van der Waals surface area contributed by atoms with Crippen LogP contribution in [0.4, 0.5) is 0 Å². The Labute approximate surface area is 116 Å². The molecular weight excluding hydrogens is 250 g/mol. The molecule has 0 radical (unpaired) electrons. The van der Waals surface area contributed by atoms with Crippen LogP contribution in [0.2, 0.25) is 0 Å². The topological polar surface area (TPSA) is 37.3 Å². The van der Waals surface area contributed by atoms with Crippen molar-refractivity contribution in [2.75, 3.05) is 0 Å². The molecule has 0 saturated carbocycles. The molecule has 1 aromatic heterocycles. The van der Waals surface area contributed by atoms with Crippen molar-refractivity contribution in [2.24, 2.45) is 0 Å². The quantitative estimate of drug-likeness (QED) is 0.537. The van der Waals surface area contributed by atoms with Gasteiger partial charge in [0.05, 0.1) is 12.0 Å². The lowest BCUT2D eigenvalue weighted by molar-refractivity contribution is -0.688. The highest BCUT2D eigenvalue weighted by atomic mass is 16.5. The van der Waals surface area contributed by atoms with Crippen LogP contribution in [0.3, 0.4) is 0 Å². The normalized spacial score (nSPS) is 12.8. The van der Waals surface area contributed by atoms with E-state index in [1.165, 1.54) is 11.1 Å². The van der Waals surface area contributed by atoms with E-state index in [1.807, 2.05) is 42.5 Å². The van der Waals surface area contributed by atoms with Crippen molar-refractivity contribution in [3.63, 3.8) is 0 Å². The van der Waals surface area contributed by atoms with Gasteiger partial charge in [-0.05, 0) is 17.7 Å². The molecule has 0 spiro atoms. The van der Waals surface area contributed by atoms with Gasteiger partial charge in [-0.15, -0.1) is 0 Å². The van der Waals surface area contributed by atoms with Gasteiger partial charge in [-0.3, -0.25) is 0 Å². The third-order valence-electron chi connectivity index (χ3n) is 3.84. The van der Waals surface area contributed by atoms with Gasteiger partial charge >= 0.3 is 11.8 Å². The standard InChI is InChI=1S/C17H13NO2/c19-17-15-10-13-8-4-5-9-14(13)11-18(15)16(20-17)12-6-2-1-3-7-12/h1-9H,10-11H2/p+1. The molecule has 1 aliphatic rings. The Morgan fingerprint density at radius 1 is 0.900 bits per heavy atom. The average Bonchev–Trinajstić information content (AvgIpc) is 2.83. The van der Waals surface area contributed by atoms with Gasteiger partial charge in [-0.2, -0.15) is 4.57 Å². The lowest BCUT2D eigenvalue weighted by atomic mass is 9.99. The van der Waals surface area contributed by atoms with E-state index in [-0.39, 0.29) is 5.95 Å². The second-order valence-corrected chi connectivity index (χ2v) is 5.06. The highest BCUT2D eigenvalue weighted by molar-refractivity contribution is 5.51. The zero-order valence-electron chi connectivity index (χ0n) is 10.9. The molecule has 4 rings (SSSR count). The Morgan fingerprint density at radius 2 is 1.60 bits per heavy atom. The highest BCUT2D eigenvalue weighted by Crippen LogP contribution is 2.30. The number of rotatable bonds is 1. The first-order valence-corrected chi connectivity index (χ1v) is 6.69. The summed E-state index contributed by atoms with van der Waals surface area (Å²) >= 11 is 0. The van der Waals surface area contributed by atoms with E-state index >= 15 is 0 Å². The molecule has 0 fully saturated rings. The lowest BCUT2D eigenvalue weighted by Crippen LogP contribution is -2.42. The second-order valence-electron chi connectivity index (χ2n) is 5.06. The van der Waals surface area contributed by atoms with Crippen molar-refractivity contribution >= 4 is 0 Å². The minimum Gasteiger partial charge on any atom is -0.476 e. The maximum atomic E-state index is 10.1. The summed E-state index contributed by atoms with van der Waals surface area (Å²) in [5, 5.41) is 10.1. The summed E-state index contributed by atoms with van der Waals surface area (Å²) in [6.45, 7) is 0.736. The third kappa shape index (κ3) is 1.63. The number of oxazole rings is 1. The van der Waals surface area contributed by atoms with Crippen LogP contribution in [-0.2, 0) is 13.0 Å². The van der Waals surface area contributed by atoms with Crippen molar-refractivity contribution in [1.82, 2.24) is 0 Å². The molecule has 20 heavy (non-hydrogen) atoms. The van der Waals surface area contributed by atoms with Gasteiger partial charge in [-0.1, -0.05) is 42.5 Å². The first-order valence-electron chi connectivity index (χ1n) is 6.69. The first kappa shape index (κ1) is 11.3. The van der Waals surface area contributed by atoms with Crippen LogP contribution < -0.4 is 4.57 Å². The number of aromatic nitrogens is 1. The molecule has 98 valence electrons. The van der Waals surface area contributed by atoms with Crippen molar-refractivity contribution < 1.29 is 14.1 Å². The molecule has 1 N–H and O–H groups in total. The molecule has 0 amide bonds. The van der Waals surface area contributed by atoms with Gasteiger partial charge in [0.1, 0.15) is 0 Å². The molecule has 3 nitrogen and oxygen atoms in total. The molecule has 3 heteroatoms. The van der Waals surface area contributed by atoms with Gasteiger partial charge < -0.3 is 9.52 Å². The van der Waals surface area contributed by atoms with Crippen LogP contribution in [0.15, 0.2) is 59.0 Å². The van der Waals surface area contributed by atoms with E-state index in [0.29, 0.717) is 12.3 Å². The molecule has 1 aliphatic heterocycles. The number of hydrogen-bond donors (Lipinski definition) is 1. The second kappa shape index (κ2) is 4.23. The summed E-state index contributed by atoms with van der Waals surface area (Å²) in [5.74, 6) is 0.742. The summed E-state index contributed by atoms with van der Waals surface area (Å²) in [5.41, 5.74) is 4.36. The Hall–Kier alpha value is -2.55. The largest absolute Gasteiger partial charge is 0.476 e. The fourth-order valence-corrected chi connectivity index (χ4v) is 2.81. The molecule has 3 aromatic rings. The average molecular weight is 264 g/mol. The van der Waals surface area contributed by atoms with Gasteiger partial charge in [0.2, 0.25) is 0 Å². The van der Waals surface area contributed by atoms with Gasteiger partial charge in [-0.25, -0.2) is 0 Å². The molecule has 0 atom stereocenters. The molecular formula is C17H14NO2+. The van der Waals surface area contributed by atoms with Gasteiger partial charge in [0, 0.05) is 5.56 Å². The minimum atomic E-state index is 0.0263. The predicted molar refractivity (Wildman–Crippen MR) is 74.4 cm³/mol. The van der Waals surface area contributed by atoms with Crippen molar-refractivity contribution in [2.45, 2.75) is 13.0 Å². The number of fused-ring (bicyclic) bond motifs is 2. The van der Waals surface area contributed by atoms with E-state index in [0.717, 1.165) is 17.8 Å². The van der Waals surface area contributed by atoms with E-state index in [9.17, 15) is 5.11 Å². The number of hydrogen-bond acceptors (Lipinski definition) is 2. The smallest absolute Gasteiger partial charge is 0.384 e. The van der Waals surface area contributed by atoms with Crippen molar-refractivity contribution in [3.05, 3.63) is 71.4 Å². The minimum absolute atomic E-state index is 0.0263. The zero-order valence-corrected chi connectivity index (χ0v) is 10.9. The van der Waals surface area contributed by atoms with Gasteiger partial charge in [0.25, 0.3) is 5.69 Å². The summed E-state index contributed by atoms with van der Waals surface area (Å²) in [7, 11) is 0. The van der Waals surface area contributed by atoms with Crippen LogP contribution in [0, 0.1) is 0 Å². The Bertz CT molecular complexity index is 775. The SMILES string of the molecule is Oc1oc(-c2ccccc2)[n+]2c1Cc1ccccc1C2. The Morgan fingerprint density at radius 3 is 2.40 bits per heavy atom. The number of benzene rings is 2. The molecule has 0 bridgehead atoms. The van der Waals surface area contributed by atoms with Crippen LogP contribution >= 0.6 is 0 Å². The molecule has 0 unspecified atom stereocenters. The van der Waals surface area contributed by atoms with Crippen LogP contribution in [0.25, 0.3) is 11.5 Å². The van der Waals surface area contributed by atoms with Crippen molar-refractivity contribution in [3.8, 4) is 17.4 Å². The summed E-state index contributed by atoms with van der Waals surface area (Å²) in [6.07, 6.45) is 0.707. The zero-order chi connectivity index (χ0) is 13.5. The fourth-order valence-electron chi connectivity index (χ4n) is 2.81. The highest BCUT2D eigenvalue weighted by Gasteiger charge is 2.34. The predicted octanol–water partition coefficient (Wildman–Crippen LogP) is 2.89. The third-order valence-corrected chi connectivity index (χ3v) is 3.84. The summed E-state index contributed by atoms with van der Waals surface area (Å²) < 4.78 is 7.67. The maximum Gasteiger partial charge on any atom is 0.384 e. The number of aromatic hydroxyl groups is 1. The van der Waals surface area contributed by atoms with Gasteiger partial charge in [0.15, 0.2) is 6.54 Å². The van der Waals surface area contributed by atoms with E-state index in [1.54, 1.807) is 0 Å². The molecule has 2 aromatic carbocycles. The lowest BCUT2D eigenvalue weighted by Gasteiger charge is -2.11. The molecule has 0 aliphatic carbocycles. The first-order chi connectivity index (χ1) is 9.83. The fraction of sp³-hybridized carbons (Fsp3) is 0.118. The van der Waals surface area contributed by atoms with E-state index in [2.05, 4.69) is 16.7 Å². The monoisotopic (exact) mass is 264 g/mol. The Kier molecular flexibility index (Phi) is 2.39. The van der Waals surface area contributed by atoms with Crippen LogP contribution in [-0.4, -0.2) is 5.11 Å². The van der Waals surface area contributed by atoms with E-state index in [4.69, 9.17) is 4.42 Å². The van der Waals surface area contributed by atoms with E-state index < -0.39 is 0 Å². The molecule has 0 saturated heterocycles. The summed E-state index contributed by atoms with van der Waals surface area (Å²) in [4.78, 5) is 0. The number of nitrogens with zero attached hydrogens (tertiary/aromatic N) is 1. The molecule has 2 heterocycles. The Balaban J connectivity index is 1.88. The van der Waals surface area contributed by atoms with Crippen LogP contribution in [0.5, 0.6) is 5.95 Å².